The molecule has 5 aliphatic rings. The molecule has 7 heteroatoms. The molecule has 1 saturated carbocycles. The van der Waals surface area contributed by atoms with Crippen LogP contribution in [0.15, 0.2) is 23.2 Å². The van der Waals surface area contributed by atoms with E-state index in [2.05, 4.69) is 9.80 Å². The van der Waals surface area contributed by atoms with Crippen molar-refractivity contribution in [2.75, 3.05) is 26.2 Å². The van der Waals surface area contributed by atoms with E-state index in [1.54, 1.807) is 6.08 Å². The van der Waals surface area contributed by atoms with E-state index in [9.17, 15) is 14.0 Å². The molecule has 152 valence electrons. The molecule has 0 aromatic heterocycles. The summed E-state index contributed by atoms with van der Waals surface area (Å²) in [6, 6.07) is 0.671. The lowest BCUT2D eigenvalue weighted by Gasteiger charge is -2.43. The number of carbonyl (C=O) groups is 2. The number of halogens is 1. The summed E-state index contributed by atoms with van der Waals surface area (Å²) in [5, 5.41) is 9.12. The smallest absolute Gasteiger partial charge is 0.407 e. The number of carboxylic acid groups (broad SMARTS) is 1. The molecule has 0 bridgehead atoms. The number of allylic oxidation sites excluding steroid dienone is 3. The van der Waals surface area contributed by atoms with Crippen molar-refractivity contribution < 1.29 is 19.1 Å². The first kappa shape index (κ1) is 18.2. The van der Waals surface area contributed by atoms with Crippen LogP contribution in [0.25, 0.3) is 0 Å². The van der Waals surface area contributed by atoms with E-state index in [-0.39, 0.29) is 17.8 Å². The number of nitrogens with zero attached hydrogens (tertiary/aromatic N) is 3. The van der Waals surface area contributed by atoms with E-state index in [0.29, 0.717) is 32.0 Å². The SMILES string of the molecule is O=C(O)N1CCC(N2CCC(N3C(=O)C4(CC4)C4=C3CCC(F)=C4)CC2)CC1. The van der Waals surface area contributed by atoms with Crippen LogP contribution in [0.2, 0.25) is 0 Å². The highest BCUT2D eigenvalue weighted by atomic mass is 19.1. The van der Waals surface area contributed by atoms with Gasteiger partial charge in [-0.2, -0.15) is 0 Å². The lowest BCUT2D eigenvalue weighted by Crippen LogP contribution is -2.52. The predicted octanol–water partition coefficient (Wildman–Crippen LogP) is 3.12. The Morgan fingerprint density at radius 2 is 1.68 bits per heavy atom. The van der Waals surface area contributed by atoms with Crippen molar-refractivity contribution in [2.24, 2.45) is 5.41 Å². The van der Waals surface area contributed by atoms with Crippen LogP contribution in [0.3, 0.4) is 0 Å². The minimum atomic E-state index is -0.819. The molecule has 0 atom stereocenters. The molecule has 1 N–H and O–H groups in total. The van der Waals surface area contributed by atoms with Crippen LogP contribution in [0.1, 0.15) is 51.4 Å². The second-order valence-electron chi connectivity index (χ2n) is 8.98. The van der Waals surface area contributed by atoms with Gasteiger partial charge in [0, 0.05) is 50.4 Å². The first-order valence-electron chi connectivity index (χ1n) is 10.6. The van der Waals surface area contributed by atoms with E-state index in [4.69, 9.17) is 5.11 Å². The number of carbonyl (C=O) groups excluding carboxylic acids is 1. The van der Waals surface area contributed by atoms with Crippen LogP contribution in [0, 0.1) is 5.41 Å². The second kappa shape index (κ2) is 6.58. The van der Waals surface area contributed by atoms with Gasteiger partial charge in [0.1, 0.15) is 5.83 Å². The molecule has 0 aromatic rings. The molecule has 2 aliphatic carbocycles. The number of piperidine rings is 2. The van der Waals surface area contributed by atoms with E-state index in [1.807, 2.05) is 0 Å². The third-order valence-electron chi connectivity index (χ3n) is 7.51. The van der Waals surface area contributed by atoms with E-state index in [1.165, 1.54) is 4.90 Å². The molecule has 3 heterocycles. The van der Waals surface area contributed by atoms with Gasteiger partial charge in [-0.1, -0.05) is 0 Å². The zero-order valence-electron chi connectivity index (χ0n) is 16.2. The lowest BCUT2D eigenvalue weighted by atomic mass is 9.92. The number of fused-ring (bicyclic) bond motifs is 1. The molecule has 0 unspecified atom stereocenters. The summed E-state index contributed by atoms with van der Waals surface area (Å²) >= 11 is 0. The summed E-state index contributed by atoms with van der Waals surface area (Å²) < 4.78 is 13.9. The zero-order valence-corrected chi connectivity index (χ0v) is 16.2. The quantitative estimate of drug-likeness (QED) is 0.788. The standard InChI is InChI=1S/C21H28FN3O3/c22-14-1-2-18-17(13-14)21(7-8-21)19(26)25(18)16-5-9-23(10-6-16)15-3-11-24(12-4-15)20(27)28/h13,15-16H,1-12H2,(H,27,28). The Morgan fingerprint density at radius 1 is 1.04 bits per heavy atom. The number of hydrogen-bond acceptors (Lipinski definition) is 3. The van der Waals surface area contributed by atoms with Crippen molar-refractivity contribution in [3.63, 3.8) is 0 Å². The Kier molecular flexibility index (Phi) is 4.27. The number of rotatable bonds is 2. The molecule has 5 rings (SSSR count). The topological polar surface area (TPSA) is 64.1 Å². The van der Waals surface area contributed by atoms with Gasteiger partial charge in [-0.3, -0.25) is 4.79 Å². The van der Waals surface area contributed by atoms with Crippen molar-refractivity contribution >= 4 is 12.0 Å². The molecular weight excluding hydrogens is 361 g/mol. The van der Waals surface area contributed by atoms with Crippen LogP contribution in [-0.4, -0.2) is 70.1 Å². The Bertz CT molecular complexity index is 757. The molecule has 3 fully saturated rings. The van der Waals surface area contributed by atoms with Gasteiger partial charge >= 0.3 is 6.09 Å². The van der Waals surface area contributed by atoms with Gasteiger partial charge < -0.3 is 19.8 Å². The highest BCUT2D eigenvalue weighted by molar-refractivity contribution is 5.95. The van der Waals surface area contributed by atoms with Crippen molar-refractivity contribution in [3.8, 4) is 0 Å². The number of hydrogen-bond donors (Lipinski definition) is 1. The third kappa shape index (κ3) is 2.78. The minimum Gasteiger partial charge on any atom is -0.465 e. The van der Waals surface area contributed by atoms with Crippen LogP contribution < -0.4 is 0 Å². The first-order valence-corrected chi connectivity index (χ1v) is 10.6. The first-order chi connectivity index (χ1) is 13.5. The summed E-state index contributed by atoms with van der Waals surface area (Å²) in [5.41, 5.74) is 1.68. The molecule has 6 nitrogen and oxygen atoms in total. The largest absolute Gasteiger partial charge is 0.465 e. The maximum Gasteiger partial charge on any atom is 0.407 e. The van der Waals surface area contributed by atoms with Crippen molar-refractivity contribution in [1.82, 2.24) is 14.7 Å². The van der Waals surface area contributed by atoms with E-state index in [0.717, 1.165) is 62.9 Å². The minimum absolute atomic E-state index is 0.0813. The Balaban J connectivity index is 1.24. The Morgan fingerprint density at radius 3 is 2.29 bits per heavy atom. The lowest BCUT2D eigenvalue weighted by molar-refractivity contribution is -0.134. The highest BCUT2D eigenvalue weighted by Gasteiger charge is 2.61. The molecule has 1 spiro atoms. The summed E-state index contributed by atoms with van der Waals surface area (Å²) in [6.07, 6.45) is 7.31. The summed E-state index contributed by atoms with van der Waals surface area (Å²) in [4.78, 5) is 30.3. The zero-order chi connectivity index (χ0) is 19.5. The molecule has 0 aromatic carbocycles. The monoisotopic (exact) mass is 389 g/mol. The Hall–Kier alpha value is -1.89. The summed E-state index contributed by atoms with van der Waals surface area (Å²) in [7, 11) is 0. The van der Waals surface area contributed by atoms with Gasteiger partial charge in [-0.15, -0.1) is 0 Å². The van der Waals surface area contributed by atoms with Crippen LogP contribution >= 0.6 is 0 Å². The fourth-order valence-electron chi connectivity index (χ4n) is 5.74. The number of amides is 2. The molecule has 3 aliphatic heterocycles. The van der Waals surface area contributed by atoms with Gasteiger partial charge in [0.05, 0.1) is 5.41 Å². The Labute approximate surface area is 164 Å². The summed E-state index contributed by atoms with van der Waals surface area (Å²) in [6.45, 7) is 3.13. The fourth-order valence-corrected chi connectivity index (χ4v) is 5.74. The van der Waals surface area contributed by atoms with Gasteiger partial charge in [0.25, 0.3) is 0 Å². The van der Waals surface area contributed by atoms with Crippen molar-refractivity contribution in [2.45, 2.75) is 63.5 Å². The van der Waals surface area contributed by atoms with Gasteiger partial charge in [0.2, 0.25) is 5.91 Å². The van der Waals surface area contributed by atoms with Gasteiger partial charge in [-0.25, -0.2) is 9.18 Å². The average molecular weight is 389 g/mol. The van der Waals surface area contributed by atoms with Gasteiger partial charge in [0.15, 0.2) is 0 Å². The second-order valence-corrected chi connectivity index (χ2v) is 8.98. The molecule has 2 amide bonds. The highest BCUT2D eigenvalue weighted by Crippen LogP contribution is 2.61. The molecule has 0 radical (unpaired) electrons. The average Bonchev–Trinajstić information content (AvgIpc) is 3.47. The van der Waals surface area contributed by atoms with E-state index < -0.39 is 11.5 Å². The number of likely N-dealkylation sites (tertiary alicyclic amines) is 2. The van der Waals surface area contributed by atoms with Crippen LogP contribution in [0.5, 0.6) is 0 Å². The van der Waals surface area contributed by atoms with Gasteiger partial charge in [-0.05, 0) is 56.6 Å². The predicted molar refractivity (Wildman–Crippen MR) is 101 cm³/mol. The fraction of sp³-hybridized carbons (Fsp3) is 0.714. The van der Waals surface area contributed by atoms with Crippen LogP contribution in [0.4, 0.5) is 9.18 Å². The maximum atomic E-state index is 13.9. The summed E-state index contributed by atoms with van der Waals surface area (Å²) in [5.74, 6) is 0.138. The normalized spacial score (nSPS) is 28.8. The van der Waals surface area contributed by atoms with Crippen molar-refractivity contribution in [3.05, 3.63) is 23.2 Å². The van der Waals surface area contributed by atoms with Crippen LogP contribution in [-0.2, 0) is 4.79 Å². The maximum absolute atomic E-state index is 13.9. The van der Waals surface area contributed by atoms with E-state index >= 15 is 0 Å². The third-order valence-corrected chi connectivity index (χ3v) is 7.51. The van der Waals surface area contributed by atoms with Crippen molar-refractivity contribution in [1.29, 1.82) is 0 Å². The molecule has 28 heavy (non-hydrogen) atoms. The molecular formula is C21H28FN3O3. The molecule has 2 saturated heterocycles.